The molecule has 0 atom stereocenters. The van der Waals surface area contributed by atoms with Crippen LogP contribution in [0.1, 0.15) is 70.3 Å². The van der Waals surface area contributed by atoms with Gasteiger partial charge < -0.3 is 4.74 Å². The third-order valence-electron chi connectivity index (χ3n) is 5.22. The van der Waals surface area contributed by atoms with Crippen LogP contribution >= 0.6 is 11.6 Å². The Morgan fingerprint density at radius 3 is 2.61 bits per heavy atom. The first-order valence-electron chi connectivity index (χ1n) is 9.36. The van der Waals surface area contributed by atoms with Crippen LogP contribution in [0.5, 0.6) is 0 Å². The Morgan fingerprint density at radius 2 is 1.86 bits per heavy atom. The van der Waals surface area contributed by atoms with Gasteiger partial charge in [0.1, 0.15) is 11.4 Å². The number of rotatable bonds is 4. The van der Waals surface area contributed by atoms with Crippen molar-refractivity contribution in [2.75, 3.05) is 7.11 Å². The molecule has 3 heterocycles. The number of esters is 1. The number of pyridine rings is 2. The van der Waals surface area contributed by atoms with Gasteiger partial charge in [0.05, 0.1) is 28.9 Å². The average molecular weight is 398 g/mol. The van der Waals surface area contributed by atoms with Crippen LogP contribution in [0.25, 0.3) is 5.52 Å². The molecular weight excluding hydrogens is 378 g/mol. The fraction of sp³-hybridized carbons (Fsp3) is 0.333. The summed E-state index contributed by atoms with van der Waals surface area (Å²) >= 11 is 6.12. The highest BCUT2D eigenvalue weighted by molar-refractivity contribution is 6.30. The number of fused-ring (bicyclic) bond motifs is 1. The number of hydrogen-bond acceptors (Lipinski definition) is 5. The molecule has 3 aromatic heterocycles. The lowest BCUT2D eigenvalue weighted by molar-refractivity contribution is 0.0594. The van der Waals surface area contributed by atoms with E-state index in [9.17, 15) is 9.59 Å². The van der Waals surface area contributed by atoms with Crippen LogP contribution in [0.4, 0.5) is 0 Å². The third-order valence-corrected chi connectivity index (χ3v) is 5.44. The van der Waals surface area contributed by atoms with Crippen molar-refractivity contribution in [3.63, 3.8) is 0 Å². The quantitative estimate of drug-likeness (QED) is 0.480. The van der Waals surface area contributed by atoms with Gasteiger partial charge in [-0.25, -0.2) is 14.3 Å². The molecule has 1 aliphatic carbocycles. The van der Waals surface area contributed by atoms with Crippen molar-refractivity contribution in [1.82, 2.24) is 14.6 Å². The molecule has 28 heavy (non-hydrogen) atoms. The van der Waals surface area contributed by atoms with E-state index >= 15 is 0 Å². The van der Waals surface area contributed by atoms with E-state index in [0.29, 0.717) is 16.1 Å². The maximum atomic E-state index is 13.4. The average Bonchev–Trinajstić information content (AvgIpc) is 3.11. The van der Waals surface area contributed by atoms with E-state index in [1.54, 1.807) is 35.0 Å². The number of ketones is 1. The van der Waals surface area contributed by atoms with Gasteiger partial charge in [-0.3, -0.25) is 4.79 Å². The summed E-state index contributed by atoms with van der Waals surface area (Å²) in [6.07, 6.45) is 7.19. The van der Waals surface area contributed by atoms with E-state index in [-0.39, 0.29) is 23.1 Å². The van der Waals surface area contributed by atoms with E-state index in [2.05, 4.69) is 4.98 Å². The first-order valence-corrected chi connectivity index (χ1v) is 9.74. The molecule has 144 valence electrons. The van der Waals surface area contributed by atoms with Crippen molar-refractivity contribution < 1.29 is 14.3 Å². The molecule has 0 spiro atoms. The van der Waals surface area contributed by atoms with E-state index in [1.165, 1.54) is 19.6 Å². The molecular formula is C21H20ClN3O3. The van der Waals surface area contributed by atoms with Gasteiger partial charge in [0.2, 0.25) is 5.78 Å². The van der Waals surface area contributed by atoms with Gasteiger partial charge in [-0.15, -0.1) is 0 Å². The molecule has 4 rings (SSSR count). The predicted octanol–water partition coefficient (Wildman–Crippen LogP) is 4.45. The minimum Gasteiger partial charge on any atom is -0.464 e. The summed E-state index contributed by atoms with van der Waals surface area (Å²) in [6.45, 7) is 0. The van der Waals surface area contributed by atoms with Gasteiger partial charge >= 0.3 is 5.97 Å². The maximum absolute atomic E-state index is 13.4. The number of aromatic nitrogens is 3. The number of carbonyl (C=O) groups excluding carboxylic acids is 2. The molecule has 0 bridgehead atoms. The Kier molecular flexibility index (Phi) is 5.13. The van der Waals surface area contributed by atoms with Crippen molar-refractivity contribution in [3.8, 4) is 0 Å². The Balaban J connectivity index is 1.84. The van der Waals surface area contributed by atoms with Crippen LogP contribution in [0, 0.1) is 0 Å². The lowest BCUT2D eigenvalue weighted by atomic mass is 9.84. The molecule has 0 aliphatic heterocycles. The molecule has 1 aliphatic rings. The van der Waals surface area contributed by atoms with Crippen LogP contribution in [0.3, 0.4) is 0 Å². The van der Waals surface area contributed by atoms with E-state index in [4.69, 9.17) is 21.4 Å². The molecule has 1 saturated carbocycles. The van der Waals surface area contributed by atoms with Crippen LogP contribution in [0.15, 0.2) is 36.5 Å². The zero-order chi connectivity index (χ0) is 19.7. The van der Waals surface area contributed by atoms with Crippen molar-refractivity contribution in [2.24, 2.45) is 0 Å². The van der Waals surface area contributed by atoms with Gasteiger partial charge in [0.15, 0.2) is 0 Å². The second kappa shape index (κ2) is 7.72. The highest BCUT2D eigenvalue weighted by Crippen LogP contribution is 2.36. The van der Waals surface area contributed by atoms with Crippen molar-refractivity contribution in [2.45, 2.75) is 38.0 Å². The number of nitrogens with zero attached hydrogens (tertiary/aromatic N) is 3. The molecule has 0 saturated heterocycles. The molecule has 0 unspecified atom stereocenters. The summed E-state index contributed by atoms with van der Waals surface area (Å²) in [5, 5.41) is 5.26. The van der Waals surface area contributed by atoms with E-state index in [1.807, 2.05) is 0 Å². The molecule has 0 radical (unpaired) electrons. The van der Waals surface area contributed by atoms with Crippen LogP contribution in [0.2, 0.25) is 5.02 Å². The molecule has 0 aromatic carbocycles. The minimum absolute atomic E-state index is 0.104. The van der Waals surface area contributed by atoms with Gasteiger partial charge in [-0.1, -0.05) is 36.9 Å². The fourth-order valence-corrected chi connectivity index (χ4v) is 4.00. The van der Waals surface area contributed by atoms with Gasteiger partial charge in [-0.05, 0) is 37.1 Å². The summed E-state index contributed by atoms with van der Waals surface area (Å²) in [6, 6.07) is 8.33. The number of hydrogen-bond donors (Lipinski definition) is 0. The van der Waals surface area contributed by atoms with Crippen LogP contribution < -0.4 is 0 Å². The molecule has 7 heteroatoms. The molecule has 3 aromatic rings. The topological polar surface area (TPSA) is 73.6 Å². The minimum atomic E-state index is -0.575. The summed E-state index contributed by atoms with van der Waals surface area (Å²) in [5.74, 6) is -0.590. The summed E-state index contributed by atoms with van der Waals surface area (Å²) in [5.41, 5.74) is 2.33. The Morgan fingerprint density at radius 1 is 1.11 bits per heavy atom. The normalized spacial score (nSPS) is 14.9. The molecule has 0 amide bonds. The predicted molar refractivity (Wildman–Crippen MR) is 105 cm³/mol. The monoisotopic (exact) mass is 397 g/mol. The van der Waals surface area contributed by atoms with E-state index < -0.39 is 5.97 Å². The highest BCUT2D eigenvalue weighted by atomic mass is 35.5. The van der Waals surface area contributed by atoms with Gasteiger partial charge in [0, 0.05) is 12.1 Å². The first-order chi connectivity index (χ1) is 13.6. The second-order valence-corrected chi connectivity index (χ2v) is 7.44. The smallest absolute Gasteiger partial charge is 0.356 e. The fourth-order valence-electron chi connectivity index (χ4n) is 3.84. The van der Waals surface area contributed by atoms with Gasteiger partial charge in [0.25, 0.3) is 0 Å². The first kappa shape index (κ1) is 18.6. The van der Waals surface area contributed by atoms with Crippen molar-refractivity contribution in [1.29, 1.82) is 0 Å². The molecule has 6 nitrogen and oxygen atoms in total. The Hall–Kier alpha value is -2.73. The number of ether oxygens (including phenoxy) is 1. The molecule has 1 fully saturated rings. The third kappa shape index (κ3) is 3.40. The van der Waals surface area contributed by atoms with Crippen LogP contribution in [-0.4, -0.2) is 33.5 Å². The zero-order valence-electron chi connectivity index (χ0n) is 15.5. The van der Waals surface area contributed by atoms with Crippen molar-refractivity contribution in [3.05, 3.63) is 64.2 Å². The van der Waals surface area contributed by atoms with Crippen molar-refractivity contribution >= 4 is 28.9 Å². The number of carbonyl (C=O) groups is 2. The maximum Gasteiger partial charge on any atom is 0.356 e. The largest absolute Gasteiger partial charge is 0.464 e. The van der Waals surface area contributed by atoms with E-state index in [0.717, 1.165) is 31.4 Å². The standard InChI is InChI=1S/C21H20ClN3O3/c1-28-21(27)16-9-5-8-15(23-16)20(26)18-17-11-10-14(22)12-25(17)24-19(18)13-6-3-2-4-7-13/h5,8-13H,2-4,6-7H2,1H3. The lowest BCUT2D eigenvalue weighted by Gasteiger charge is -2.20. The lowest BCUT2D eigenvalue weighted by Crippen LogP contribution is -2.13. The summed E-state index contributed by atoms with van der Waals surface area (Å²) in [7, 11) is 1.29. The highest BCUT2D eigenvalue weighted by Gasteiger charge is 2.28. The zero-order valence-corrected chi connectivity index (χ0v) is 16.3. The summed E-state index contributed by atoms with van der Waals surface area (Å²) < 4.78 is 6.39. The Labute approximate surface area is 167 Å². The SMILES string of the molecule is COC(=O)c1cccc(C(=O)c2c(C3CCCCC3)nn3cc(Cl)ccc23)n1. The number of methoxy groups -OCH3 is 1. The van der Waals surface area contributed by atoms with Gasteiger partial charge in [-0.2, -0.15) is 5.10 Å². The molecule has 0 N–H and O–H groups in total. The second-order valence-electron chi connectivity index (χ2n) is 7.00. The Bertz CT molecular complexity index is 1050. The summed E-state index contributed by atoms with van der Waals surface area (Å²) in [4.78, 5) is 29.5. The number of halogens is 1. The van der Waals surface area contributed by atoms with Crippen LogP contribution in [-0.2, 0) is 4.74 Å².